The van der Waals surface area contributed by atoms with E-state index in [4.69, 9.17) is 5.73 Å². The van der Waals surface area contributed by atoms with Crippen molar-refractivity contribution in [2.75, 3.05) is 0 Å². The quantitative estimate of drug-likeness (QED) is 0.178. The number of benzene rings is 1. The highest BCUT2D eigenvalue weighted by molar-refractivity contribution is 5.63. The number of rotatable bonds is 10. The van der Waals surface area contributed by atoms with E-state index >= 15 is 0 Å². The van der Waals surface area contributed by atoms with Crippen LogP contribution < -0.4 is 11.2 Å². The van der Waals surface area contributed by atoms with Gasteiger partial charge in [-0.25, -0.2) is 0 Å². The van der Waals surface area contributed by atoms with Crippen LogP contribution in [-0.2, 0) is 13.1 Å². The van der Waals surface area contributed by atoms with Gasteiger partial charge in [0.05, 0.1) is 0 Å². The van der Waals surface area contributed by atoms with Crippen LogP contribution in [0.15, 0.2) is 101 Å². The summed E-state index contributed by atoms with van der Waals surface area (Å²) < 4.78 is 2.14. The molecule has 2 rings (SSSR count). The van der Waals surface area contributed by atoms with Gasteiger partial charge in [-0.05, 0) is 79.1 Å². The standard InChI is InChI=1S/C25H32N4.C3H6.CH4/c1-5-10-22(21(6-2)7-3)13-9-16-29-19-24(14-15-25(29)28-27-4)23-12-8-11-20(17-23)18-26;1-3-2;/h5-6,8,10-12,14-15,17,19H,2,4,7,9,13,16,18,26H2,1,3H3;3H,1H2,2H3;1H4/b10-5-,22-21-,28-25-;;. The first kappa shape index (κ1) is 29.8. The summed E-state index contributed by atoms with van der Waals surface area (Å²) in [5.41, 5.74) is 12.6. The number of hydrogen-bond acceptors (Lipinski definition) is 3. The Morgan fingerprint density at radius 2 is 1.82 bits per heavy atom. The van der Waals surface area contributed by atoms with Crippen LogP contribution in [0.4, 0.5) is 0 Å². The van der Waals surface area contributed by atoms with Crippen LogP contribution >= 0.6 is 0 Å². The lowest BCUT2D eigenvalue weighted by Crippen LogP contribution is -2.20. The van der Waals surface area contributed by atoms with Gasteiger partial charge in [-0.3, -0.25) is 0 Å². The number of nitrogens with zero attached hydrogens (tertiary/aromatic N) is 3. The molecule has 178 valence electrons. The van der Waals surface area contributed by atoms with Gasteiger partial charge in [-0.1, -0.05) is 63.4 Å². The maximum atomic E-state index is 5.80. The van der Waals surface area contributed by atoms with E-state index in [1.165, 1.54) is 11.1 Å². The Morgan fingerprint density at radius 1 is 1.09 bits per heavy atom. The Balaban J connectivity index is 0.00000242. The van der Waals surface area contributed by atoms with E-state index in [2.05, 4.69) is 85.0 Å². The average molecular weight is 447 g/mol. The first-order valence-corrected chi connectivity index (χ1v) is 11.1. The van der Waals surface area contributed by atoms with Crippen molar-refractivity contribution >= 4 is 6.72 Å². The Labute approximate surface area is 201 Å². The molecule has 0 unspecified atom stereocenters. The van der Waals surface area contributed by atoms with Crippen LogP contribution in [0.3, 0.4) is 0 Å². The van der Waals surface area contributed by atoms with Crippen molar-refractivity contribution in [3.63, 3.8) is 0 Å². The Morgan fingerprint density at radius 3 is 2.39 bits per heavy atom. The van der Waals surface area contributed by atoms with E-state index in [0.717, 1.165) is 48.0 Å². The molecule has 0 amide bonds. The lowest BCUT2D eigenvalue weighted by atomic mass is 10.0. The van der Waals surface area contributed by atoms with Gasteiger partial charge in [0.15, 0.2) is 5.49 Å². The van der Waals surface area contributed by atoms with Crippen LogP contribution in [0, 0.1) is 0 Å². The monoisotopic (exact) mass is 446 g/mol. The third-order valence-corrected chi connectivity index (χ3v) is 4.92. The molecule has 0 bridgehead atoms. The highest BCUT2D eigenvalue weighted by atomic mass is 15.2. The highest BCUT2D eigenvalue weighted by Gasteiger charge is 2.04. The minimum atomic E-state index is 0. The molecule has 0 aliphatic heterocycles. The zero-order chi connectivity index (χ0) is 23.8. The maximum absolute atomic E-state index is 5.80. The molecule has 33 heavy (non-hydrogen) atoms. The van der Waals surface area contributed by atoms with Crippen molar-refractivity contribution in [2.24, 2.45) is 15.9 Å². The molecule has 2 N–H and O–H groups in total. The maximum Gasteiger partial charge on any atom is 0.155 e. The zero-order valence-corrected chi connectivity index (χ0v) is 19.9. The third-order valence-electron chi connectivity index (χ3n) is 4.92. The first-order valence-electron chi connectivity index (χ1n) is 11.1. The summed E-state index contributed by atoms with van der Waals surface area (Å²) in [6, 6.07) is 12.4. The molecule has 0 saturated heterocycles. The van der Waals surface area contributed by atoms with E-state index in [-0.39, 0.29) is 7.43 Å². The van der Waals surface area contributed by atoms with Gasteiger partial charge in [-0.2, -0.15) is 5.10 Å². The Bertz CT molecular complexity index is 1010. The first-order chi connectivity index (χ1) is 15.6. The van der Waals surface area contributed by atoms with Crippen LogP contribution in [0.2, 0.25) is 0 Å². The van der Waals surface area contributed by atoms with Crippen LogP contribution in [0.25, 0.3) is 11.1 Å². The molecule has 0 atom stereocenters. The molecule has 4 nitrogen and oxygen atoms in total. The van der Waals surface area contributed by atoms with Crippen molar-refractivity contribution in [2.45, 2.75) is 60.5 Å². The average Bonchev–Trinajstić information content (AvgIpc) is 2.81. The number of pyridine rings is 1. The smallest absolute Gasteiger partial charge is 0.155 e. The predicted octanol–water partition coefficient (Wildman–Crippen LogP) is 7.21. The summed E-state index contributed by atoms with van der Waals surface area (Å²) in [6.45, 7) is 18.3. The number of aromatic nitrogens is 1. The lowest BCUT2D eigenvalue weighted by molar-refractivity contribution is 0.611. The molecule has 4 heteroatoms. The lowest BCUT2D eigenvalue weighted by Gasteiger charge is -2.12. The van der Waals surface area contributed by atoms with Crippen molar-refractivity contribution in [1.82, 2.24) is 4.57 Å². The summed E-state index contributed by atoms with van der Waals surface area (Å²) >= 11 is 0. The van der Waals surface area contributed by atoms with Crippen LogP contribution in [0.1, 0.15) is 53.0 Å². The fourth-order valence-electron chi connectivity index (χ4n) is 3.42. The van der Waals surface area contributed by atoms with Crippen molar-refractivity contribution in [3.8, 4) is 11.1 Å². The predicted molar refractivity (Wildman–Crippen MR) is 147 cm³/mol. The molecule has 0 aliphatic carbocycles. The van der Waals surface area contributed by atoms with E-state index in [1.54, 1.807) is 6.08 Å². The second-order valence-corrected chi connectivity index (χ2v) is 7.24. The summed E-state index contributed by atoms with van der Waals surface area (Å²) in [4.78, 5) is 0. The fourth-order valence-corrected chi connectivity index (χ4v) is 3.42. The van der Waals surface area contributed by atoms with E-state index in [9.17, 15) is 0 Å². The molecule has 0 spiro atoms. The topological polar surface area (TPSA) is 55.7 Å². The van der Waals surface area contributed by atoms with Gasteiger partial charge in [-0.15, -0.1) is 11.7 Å². The molecule has 0 aliphatic rings. The number of hydrogen-bond donors (Lipinski definition) is 1. The van der Waals surface area contributed by atoms with Crippen molar-refractivity contribution in [1.29, 1.82) is 0 Å². The summed E-state index contributed by atoms with van der Waals surface area (Å²) in [7, 11) is 0. The Hall–Kier alpha value is -3.24. The van der Waals surface area contributed by atoms with Gasteiger partial charge in [0.25, 0.3) is 0 Å². The minimum Gasteiger partial charge on any atom is -0.331 e. The molecule has 0 radical (unpaired) electrons. The van der Waals surface area contributed by atoms with E-state index < -0.39 is 0 Å². The molecular weight excluding hydrogens is 404 g/mol. The number of allylic oxidation sites excluding steroid dienone is 6. The van der Waals surface area contributed by atoms with Crippen LogP contribution in [-0.4, -0.2) is 11.3 Å². The SMILES string of the molecule is C.C=C/C(CC)=C(\C=C/C)CCCn1cc(-c2cccc(CN)c2)cc/c1=N/N=C.C=CC. The van der Waals surface area contributed by atoms with Crippen molar-refractivity contribution < 1.29 is 0 Å². The molecule has 0 saturated carbocycles. The van der Waals surface area contributed by atoms with Crippen LogP contribution in [0.5, 0.6) is 0 Å². The van der Waals surface area contributed by atoms with Gasteiger partial charge in [0, 0.05) is 26.0 Å². The number of nitrogens with two attached hydrogens (primary N) is 1. The molecule has 2 aromatic rings. The largest absolute Gasteiger partial charge is 0.331 e. The normalized spacial score (nSPS) is 11.7. The van der Waals surface area contributed by atoms with Gasteiger partial charge in [0.2, 0.25) is 0 Å². The summed E-state index contributed by atoms with van der Waals surface area (Å²) in [6.07, 6.45) is 13.1. The second-order valence-electron chi connectivity index (χ2n) is 7.24. The highest BCUT2D eigenvalue weighted by Crippen LogP contribution is 2.20. The molecule has 1 aromatic heterocycles. The molecule has 0 fully saturated rings. The van der Waals surface area contributed by atoms with E-state index in [1.807, 2.05) is 31.2 Å². The minimum absolute atomic E-state index is 0. The van der Waals surface area contributed by atoms with E-state index in [0.29, 0.717) is 6.54 Å². The van der Waals surface area contributed by atoms with Gasteiger partial charge >= 0.3 is 0 Å². The van der Waals surface area contributed by atoms with Gasteiger partial charge in [0.1, 0.15) is 0 Å². The zero-order valence-electron chi connectivity index (χ0n) is 19.9. The van der Waals surface area contributed by atoms with Crippen molar-refractivity contribution in [3.05, 3.63) is 102 Å². The number of aryl methyl sites for hydroxylation is 1. The third kappa shape index (κ3) is 9.84. The summed E-state index contributed by atoms with van der Waals surface area (Å²) in [5.74, 6) is 0. The molecule has 1 aromatic carbocycles. The molecular formula is C29H42N4. The summed E-state index contributed by atoms with van der Waals surface area (Å²) in [5, 5.41) is 7.92. The Kier molecular flexibility index (Phi) is 15.6. The van der Waals surface area contributed by atoms with Gasteiger partial charge < -0.3 is 10.3 Å². The second kappa shape index (κ2) is 17.3. The fraction of sp³-hybridized carbons (Fsp3) is 0.310. The molecule has 1 heterocycles.